The van der Waals surface area contributed by atoms with Crippen molar-refractivity contribution in [2.45, 2.75) is 163 Å². The maximum Gasteiger partial charge on any atom is 0.320 e. The van der Waals surface area contributed by atoms with E-state index in [9.17, 15) is 14.4 Å². The van der Waals surface area contributed by atoms with E-state index in [-0.39, 0.29) is 103 Å². The van der Waals surface area contributed by atoms with Crippen molar-refractivity contribution in [3.63, 3.8) is 0 Å². The predicted octanol–water partition coefficient (Wildman–Crippen LogP) is 6.93. The van der Waals surface area contributed by atoms with E-state index in [4.69, 9.17) is 31.4 Å². The average Bonchev–Trinajstić information content (AvgIpc) is 3.99. The molecular formula is C54H90Cl3N15O6. The molecule has 0 unspecified atom stereocenters. The van der Waals surface area contributed by atoms with Crippen molar-refractivity contribution < 1.29 is 28.6 Å². The topological polar surface area (TPSA) is 271 Å². The Labute approximate surface area is 481 Å². The lowest BCUT2D eigenvalue weighted by Gasteiger charge is -2.37. The molecule has 24 heteroatoms. The molecule has 3 aromatic rings. The van der Waals surface area contributed by atoms with Crippen LogP contribution in [0.4, 0.5) is 34.9 Å². The molecule has 0 aliphatic carbocycles. The fourth-order valence-corrected chi connectivity index (χ4v) is 10.8. The number of halogens is 3. The Hall–Kier alpha value is -4.80. The number of nitrogens with zero attached hydrogens (tertiary/aromatic N) is 10. The number of aromatic nitrogens is 6. The van der Waals surface area contributed by atoms with E-state index in [1.54, 1.807) is 9.80 Å². The number of rotatable bonds is 20. The van der Waals surface area contributed by atoms with Gasteiger partial charge >= 0.3 is 18.0 Å². The van der Waals surface area contributed by atoms with Gasteiger partial charge in [0, 0.05) is 36.3 Å². The van der Waals surface area contributed by atoms with E-state index in [0.717, 1.165) is 133 Å². The molecule has 3 fully saturated rings. The number of piperidine rings is 3. The van der Waals surface area contributed by atoms with Gasteiger partial charge in [0.05, 0.1) is 38.1 Å². The first-order valence-electron chi connectivity index (χ1n) is 28.1. The van der Waals surface area contributed by atoms with Crippen molar-refractivity contribution in [3.8, 4) is 18.0 Å². The van der Waals surface area contributed by atoms with Gasteiger partial charge in [-0.2, -0.15) is 29.9 Å². The van der Waals surface area contributed by atoms with Crippen LogP contribution in [0.2, 0.25) is 0 Å². The van der Waals surface area contributed by atoms with Crippen LogP contribution in [0.1, 0.15) is 149 Å². The van der Waals surface area contributed by atoms with Gasteiger partial charge < -0.3 is 46.9 Å². The van der Waals surface area contributed by atoms with Crippen molar-refractivity contribution in [2.75, 3.05) is 104 Å². The number of nitrogens with one attached hydrogen (secondary N) is 2. The molecule has 6 aliphatic heterocycles. The highest BCUT2D eigenvalue weighted by atomic mass is 35.5. The first-order chi connectivity index (χ1) is 36.1. The zero-order valence-corrected chi connectivity index (χ0v) is 49.7. The van der Waals surface area contributed by atoms with Gasteiger partial charge in [-0.3, -0.25) is 29.1 Å². The van der Waals surface area contributed by atoms with Gasteiger partial charge in [-0.1, -0.05) is 53.9 Å². The molecule has 9 rings (SSSR count). The van der Waals surface area contributed by atoms with Crippen molar-refractivity contribution in [3.05, 3.63) is 16.7 Å². The summed E-state index contributed by atoms with van der Waals surface area (Å²) in [4.78, 5) is 71.7. The molecule has 0 aromatic carbocycles. The number of anilines is 6. The third-order valence-electron chi connectivity index (χ3n) is 15.3. The van der Waals surface area contributed by atoms with E-state index in [1.165, 1.54) is 13.0 Å². The second kappa shape index (κ2) is 31.3. The zero-order valence-electron chi connectivity index (χ0n) is 47.3. The summed E-state index contributed by atoms with van der Waals surface area (Å²) in [6, 6.07) is 0.830. The average molecular weight is 1150 g/mol. The summed E-state index contributed by atoms with van der Waals surface area (Å²) < 4.78 is 17.2. The van der Waals surface area contributed by atoms with E-state index in [0.29, 0.717) is 79.4 Å². The molecular weight excluding hydrogens is 1060 g/mol. The number of fused-ring (bicyclic) bond motifs is 3. The molecule has 78 heavy (non-hydrogen) atoms. The molecule has 3 aromatic heterocycles. The summed E-state index contributed by atoms with van der Waals surface area (Å²) in [6.07, 6.45) is 14.5. The third kappa shape index (κ3) is 17.4. The van der Waals surface area contributed by atoms with Gasteiger partial charge in [0.15, 0.2) is 0 Å². The predicted molar refractivity (Wildman–Crippen MR) is 315 cm³/mol. The Balaban J connectivity index is 0.000000248. The van der Waals surface area contributed by atoms with Crippen LogP contribution in [0, 0.1) is 17.3 Å². The summed E-state index contributed by atoms with van der Waals surface area (Å²) in [6.45, 7) is 24.8. The number of likely N-dealkylation sites (tertiary alicyclic amines) is 1. The number of hydrogen-bond donors (Lipinski definition) is 5. The standard InChI is InChI=1S/C20H33N5O2.2C17H27N5O2.3ClH/c1-4-6-14(3)27-20-22-18(21)16-12-17(26)25(19(16)23-20)13-15-7-10-24(9-5-2)11-8-15;1-3-4-11(2)24-17-20-15(18)13-9-14(23)22(16(13)21-17)10-12-5-7-19-8-6-12;1-3-4-9-24-16-20-14(18)12-10-13(23)22(15(12)21-16)11-17(2)5-7-19-8-6-17;;;/h14-15H,4-13H2,1-3H3,(H2,21,22,23);11-12,19H,3-10H2,1-2H3,(H2,18,20,21);19H,3-11H2,1-2H3,(H2,18,20,21);3*1H/t14-;11-;;;;/m00..../s1. The highest BCUT2D eigenvalue weighted by molar-refractivity contribution is 6.03. The molecule has 0 saturated carbocycles. The molecule has 9 heterocycles. The smallest absolute Gasteiger partial charge is 0.320 e. The number of carbonyl (C=O) groups excluding carboxylic acids is 3. The highest BCUT2D eigenvalue weighted by Gasteiger charge is 2.39. The van der Waals surface area contributed by atoms with E-state index >= 15 is 0 Å². The second-order valence-corrected chi connectivity index (χ2v) is 21.8. The van der Waals surface area contributed by atoms with E-state index in [2.05, 4.69) is 80.1 Å². The molecule has 0 radical (unpaired) electrons. The normalized spacial score (nSPS) is 18.7. The van der Waals surface area contributed by atoms with E-state index in [1.807, 2.05) is 18.7 Å². The number of carbonyl (C=O) groups is 3. The van der Waals surface area contributed by atoms with E-state index < -0.39 is 0 Å². The van der Waals surface area contributed by atoms with Crippen LogP contribution < -0.4 is 56.7 Å². The Morgan fingerprint density at radius 3 is 1.46 bits per heavy atom. The van der Waals surface area contributed by atoms with Crippen molar-refractivity contribution in [1.82, 2.24) is 45.4 Å². The zero-order chi connectivity index (χ0) is 53.6. The Bertz CT molecular complexity index is 2410. The van der Waals surface area contributed by atoms with Gasteiger partial charge in [0.25, 0.3) is 0 Å². The van der Waals surface area contributed by atoms with Gasteiger partial charge in [-0.25, -0.2) is 0 Å². The summed E-state index contributed by atoms with van der Waals surface area (Å²) in [7, 11) is 0. The number of hydrogen-bond acceptors (Lipinski definition) is 18. The Morgan fingerprint density at radius 1 is 0.577 bits per heavy atom. The second-order valence-electron chi connectivity index (χ2n) is 21.8. The van der Waals surface area contributed by atoms with Crippen LogP contribution in [0.15, 0.2) is 0 Å². The maximum absolute atomic E-state index is 12.6. The molecule has 438 valence electrons. The minimum atomic E-state index is 0. The van der Waals surface area contributed by atoms with Gasteiger partial charge in [-0.15, -0.1) is 37.2 Å². The number of unbranched alkanes of at least 4 members (excludes halogenated alkanes) is 1. The molecule has 21 nitrogen and oxygen atoms in total. The van der Waals surface area contributed by atoms with Gasteiger partial charge in [-0.05, 0) is 141 Å². The minimum Gasteiger partial charge on any atom is -0.463 e. The Morgan fingerprint density at radius 2 is 1.00 bits per heavy atom. The monoisotopic (exact) mass is 1150 g/mol. The van der Waals surface area contributed by atoms with Crippen molar-refractivity contribution in [2.24, 2.45) is 17.3 Å². The lowest BCUT2D eigenvalue weighted by molar-refractivity contribution is -0.118. The number of ether oxygens (including phenoxy) is 3. The summed E-state index contributed by atoms with van der Waals surface area (Å²) in [5, 5.41) is 6.73. The minimum absolute atomic E-state index is 0. The van der Waals surface area contributed by atoms with Crippen LogP contribution in [0.3, 0.4) is 0 Å². The molecule has 3 saturated heterocycles. The molecule has 8 N–H and O–H groups in total. The van der Waals surface area contributed by atoms with Crippen LogP contribution in [-0.2, 0) is 33.6 Å². The van der Waals surface area contributed by atoms with Gasteiger partial charge in [0.2, 0.25) is 17.7 Å². The fourth-order valence-electron chi connectivity index (χ4n) is 10.8. The number of nitrogens with two attached hydrogens (primary N) is 3. The summed E-state index contributed by atoms with van der Waals surface area (Å²) in [5.74, 6) is 4.21. The first kappa shape index (κ1) is 65.7. The largest absolute Gasteiger partial charge is 0.463 e. The number of nitrogen functional groups attached to an aromatic ring is 3. The fraction of sp³-hybridized carbons (Fsp3) is 0.722. The van der Waals surface area contributed by atoms with Crippen LogP contribution in [-0.4, -0.2) is 137 Å². The number of amides is 3. The third-order valence-corrected chi connectivity index (χ3v) is 15.3. The van der Waals surface area contributed by atoms with Crippen LogP contribution in [0.25, 0.3) is 0 Å². The lowest BCUT2D eigenvalue weighted by atomic mass is 9.80. The molecule has 3 amide bonds. The summed E-state index contributed by atoms with van der Waals surface area (Å²) >= 11 is 0. The summed E-state index contributed by atoms with van der Waals surface area (Å²) in [5.41, 5.74) is 20.6. The first-order valence-corrected chi connectivity index (χ1v) is 28.1. The Kier molecular flexibility index (Phi) is 26.3. The van der Waals surface area contributed by atoms with Crippen molar-refractivity contribution in [1.29, 1.82) is 0 Å². The maximum atomic E-state index is 12.6. The quantitative estimate of drug-likeness (QED) is 0.0717. The molecule has 0 spiro atoms. The van der Waals surface area contributed by atoms with Gasteiger partial charge in [0.1, 0.15) is 34.9 Å². The highest BCUT2D eigenvalue weighted by Crippen LogP contribution is 2.39. The SMILES string of the molecule is CCCCOc1nc(N)c2c(n1)N(CC1(C)CCNCC1)C(=O)C2.CCC[C@H](C)Oc1nc(N)c2c(n1)N(CC1CCN(CCC)CC1)C(=O)C2.CCC[C@H](C)Oc1nc(N)c2c(n1)N(CC1CCNCC1)C(=O)C2.Cl.Cl.Cl. The van der Waals surface area contributed by atoms with Crippen LogP contribution in [0.5, 0.6) is 18.0 Å². The molecule has 0 bridgehead atoms. The van der Waals surface area contributed by atoms with Crippen molar-refractivity contribution >= 4 is 89.8 Å². The molecule has 2 atom stereocenters. The van der Waals surface area contributed by atoms with Crippen LogP contribution >= 0.6 is 37.2 Å². The lowest BCUT2D eigenvalue weighted by Crippen LogP contribution is -2.44. The molecule has 6 aliphatic rings.